The zero-order valence-corrected chi connectivity index (χ0v) is 11.3. The zero-order valence-electron chi connectivity index (χ0n) is 9.71. The molecule has 98 valence electrons. The number of hydrogen-bond acceptors (Lipinski definition) is 3. The van der Waals surface area contributed by atoms with Gasteiger partial charge in [-0.1, -0.05) is 18.2 Å². The fourth-order valence-corrected chi connectivity index (χ4v) is 2.26. The third-order valence-corrected chi connectivity index (χ3v) is 3.80. The third-order valence-electron chi connectivity index (χ3n) is 2.43. The molecule has 2 aromatic rings. The van der Waals surface area contributed by atoms with E-state index >= 15 is 0 Å². The molecule has 0 atom stereocenters. The molecule has 6 heteroatoms. The highest BCUT2D eigenvalue weighted by Crippen LogP contribution is 2.18. The largest absolute Gasteiger partial charge is 0.322 e. The van der Waals surface area contributed by atoms with Gasteiger partial charge in [-0.25, -0.2) is 8.42 Å². The van der Waals surface area contributed by atoms with Crippen LogP contribution in [0.1, 0.15) is 10.4 Å². The minimum Gasteiger partial charge on any atom is -0.322 e. The predicted octanol–water partition coefficient (Wildman–Crippen LogP) is 2.87. The van der Waals surface area contributed by atoms with Gasteiger partial charge in [0.25, 0.3) is 15.0 Å². The van der Waals surface area contributed by atoms with Gasteiger partial charge in [-0.3, -0.25) is 4.79 Å². The van der Waals surface area contributed by atoms with Gasteiger partial charge in [0.05, 0.1) is 4.90 Å². The molecule has 0 spiro atoms. The van der Waals surface area contributed by atoms with Crippen molar-refractivity contribution in [2.24, 2.45) is 0 Å². The molecule has 0 saturated carbocycles. The van der Waals surface area contributed by atoms with Crippen LogP contribution >= 0.6 is 10.7 Å². The topological polar surface area (TPSA) is 63.2 Å². The number of amides is 1. The lowest BCUT2D eigenvalue weighted by Crippen LogP contribution is -2.11. The van der Waals surface area contributed by atoms with Crippen molar-refractivity contribution in [3.63, 3.8) is 0 Å². The van der Waals surface area contributed by atoms with Gasteiger partial charge in [0.2, 0.25) is 0 Å². The van der Waals surface area contributed by atoms with Crippen molar-refractivity contribution in [3.05, 3.63) is 60.2 Å². The summed E-state index contributed by atoms with van der Waals surface area (Å²) < 4.78 is 22.1. The molecule has 1 N–H and O–H groups in total. The molecule has 0 saturated heterocycles. The Morgan fingerprint density at radius 2 is 1.53 bits per heavy atom. The van der Waals surface area contributed by atoms with E-state index in [0.717, 1.165) is 0 Å². The minimum atomic E-state index is -3.74. The lowest BCUT2D eigenvalue weighted by Gasteiger charge is -2.05. The van der Waals surface area contributed by atoms with Crippen molar-refractivity contribution in [2.45, 2.75) is 4.90 Å². The van der Waals surface area contributed by atoms with Crippen LogP contribution in [0.15, 0.2) is 59.5 Å². The number of anilines is 1. The first-order valence-electron chi connectivity index (χ1n) is 5.38. The Balaban J connectivity index is 2.15. The first-order chi connectivity index (χ1) is 8.97. The van der Waals surface area contributed by atoms with Gasteiger partial charge in [0.1, 0.15) is 0 Å². The summed E-state index contributed by atoms with van der Waals surface area (Å²) in [6, 6.07) is 14.4. The summed E-state index contributed by atoms with van der Waals surface area (Å²) in [4.78, 5) is 11.8. The highest BCUT2D eigenvalue weighted by Gasteiger charge is 2.10. The second kappa shape index (κ2) is 5.42. The van der Waals surface area contributed by atoms with E-state index in [4.69, 9.17) is 10.7 Å². The van der Waals surface area contributed by atoms with Crippen LogP contribution in [0, 0.1) is 0 Å². The third kappa shape index (κ3) is 3.56. The van der Waals surface area contributed by atoms with E-state index in [1.54, 1.807) is 24.3 Å². The number of carbonyl (C=O) groups is 1. The summed E-state index contributed by atoms with van der Waals surface area (Å²) in [5.74, 6) is -0.262. The Hall–Kier alpha value is -1.85. The number of hydrogen-bond donors (Lipinski definition) is 1. The van der Waals surface area contributed by atoms with E-state index in [1.807, 2.05) is 6.07 Å². The fourth-order valence-electron chi connectivity index (χ4n) is 1.49. The Morgan fingerprint density at radius 3 is 2.05 bits per heavy atom. The van der Waals surface area contributed by atoms with Crippen molar-refractivity contribution in [3.8, 4) is 0 Å². The number of carbonyl (C=O) groups excluding carboxylic acids is 1. The van der Waals surface area contributed by atoms with Gasteiger partial charge in [-0.2, -0.15) is 0 Å². The molecule has 0 aromatic heterocycles. The molecule has 1 amide bonds. The molecule has 0 radical (unpaired) electrons. The summed E-state index contributed by atoms with van der Waals surface area (Å²) in [6.07, 6.45) is 0. The van der Waals surface area contributed by atoms with Gasteiger partial charge < -0.3 is 5.32 Å². The van der Waals surface area contributed by atoms with Crippen molar-refractivity contribution < 1.29 is 13.2 Å². The van der Waals surface area contributed by atoms with E-state index in [0.29, 0.717) is 11.3 Å². The molecule has 4 nitrogen and oxygen atoms in total. The quantitative estimate of drug-likeness (QED) is 0.886. The second-order valence-corrected chi connectivity index (χ2v) is 6.35. The van der Waals surface area contributed by atoms with Crippen molar-refractivity contribution in [1.82, 2.24) is 0 Å². The maximum absolute atomic E-state index is 11.8. The molecule has 0 heterocycles. The van der Waals surface area contributed by atoms with Crippen LogP contribution in [0.2, 0.25) is 0 Å². The van der Waals surface area contributed by atoms with Crippen molar-refractivity contribution in [2.75, 3.05) is 5.32 Å². The maximum atomic E-state index is 11.8. The summed E-state index contributed by atoms with van der Waals surface area (Å²) in [7, 11) is 1.46. The fraction of sp³-hybridized carbons (Fsp3) is 0. The van der Waals surface area contributed by atoms with E-state index < -0.39 is 9.05 Å². The second-order valence-electron chi connectivity index (χ2n) is 3.78. The highest BCUT2D eigenvalue weighted by molar-refractivity contribution is 8.13. The molecule has 0 fully saturated rings. The standard InChI is InChI=1S/C13H10ClNO3S/c14-19(17,18)12-8-6-11(7-9-12)15-13(16)10-4-2-1-3-5-10/h1-9H,(H,15,16). The Bertz CT molecular complexity index is 682. The summed E-state index contributed by atoms with van der Waals surface area (Å²) in [5, 5.41) is 2.66. The maximum Gasteiger partial charge on any atom is 0.261 e. The minimum absolute atomic E-state index is 0.00752. The summed E-state index contributed by atoms with van der Waals surface area (Å²) in [5.41, 5.74) is 1.02. The van der Waals surface area contributed by atoms with Gasteiger partial charge in [-0.05, 0) is 36.4 Å². The number of rotatable bonds is 3. The van der Waals surface area contributed by atoms with Crippen LogP contribution in [-0.4, -0.2) is 14.3 Å². The van der Waals surface area contributed by atoms with Crippen LogP contribution in [0.4, 0.5) is 5.69 Å². The predicted molar refractivity (Wildman–Crippen MR) is 73.9 cm³/mol. The lowest BCUT2D eigenvalue weighted by molar-refractivity contribution is 0.102. The molecule has 2 aromatic carbocycles. The summed E-state index contributed by atoms with van der Waals surface area (Å²) in [6.45, 7) is 0. The Kier molecular flexibility index (Phi) is 3.87. The van der Waals surface area contributed by atoms with E-state index in [2.05, 4.69) is 5.32 Å². The number of halogens is 1. The summed E-state index contributed by atoms with van der Waals surface area (Å²) >= 11 is 0. The average Bonchev–Trinajstić information content (AvgIpc) is 2.39. The SMILES string of the molecule is O=C(Nc1ccc(S(=O)(=O)Cl)cc1)c1ccccc1. The van der Waals surface area contributed by atoms with Crippen LogP contribution < -0.4 is 5.32 Å². The first-order valence-corrected chi connectivity index (χ1v) is 7.69. The molecule has 0 aliphatic carbocycles. The molecular formula is C13H10ClNO3S. The van der Waals surface area contributed by atoms with Crippen molar-refractivity contribution >= 4 is 31.3 Å². The van der Waals surface area contributed by atoms with Gasteiger partial charge in [0.15, 0.2) is 0 Å². The smallest absolute Gasteiger partial charge is 0.261 e. The number of nitrogens with one attached hydrogen (secondary N) is 1. The van der Waals surface area contributed by atoms with E-state index in [-0.39, 0.29) is 10.8 Å². The molecule has 2 rings (SSSR count). The lowest BCUT2D eigenvalue weighted by atomic mass is 10.2. The van der Waals surface area contributed by atoms with Crippen LogP contribution in [-0.2, 0) is 9.05 Å². The van der Waals surface area contributed by atoms with Gasteiger partial charge >= 0.3 is 0 Å². The first kappa shape index (κ1) is 13.6. The Labute approximate surface area is 115 Å². The number of benzene rings is 2. The zero-order chi connectivity index (χ0) is 13.9. The van der Waals surface area contributed by atoms with Crippen LogP contribution in [0.3, 0.4) is 0 Å². The Morgan fingerprint density at radius 1 is 0.947 bits per heavy atom. The molecule has 0 bridgehead atoms. The molecule has 0 aliphatic heterocycles. The highest BCUT2D eigenvalue weighted by atomic mass is 35.7. The van der Waals surface area contributed by atoms with Crippen molar-refractivity contribution in [1.29, 1.82) is 0 Å². The van der Waals surface area contributed by atoms with E-state index in [1.165, 1.54) is 24.3 Å². The van der Waals surface area contributed by atoms with Gasteiger partial charge in [-0.15, -0.1) is 0 Å². The molecular weight excluding hydrogens is 286 g/mol. The average molecular weight is 296 g/mol. The van der Waals surface area contributed by atoms with Crippen LogP contribution in [0.25, 0.3) is 0 Å². The van der Waals surface area contributed by atoms with Gasteiger partial charge in [0, 0.05) is 21.9 Å². The normalized spacial score (nSPS) is 11.0. The molecule has 0 aliphatic rings. The van der Waals surface area contributed by atoms with Crippen LogP contribution in [0.5, 0.6) is 0 Å². The monoisotopic (exact) mass is 295 g/mol. The molecule has 19 heavy (non-hydrogen) atoms. The van der Waals surface area contributed by atoms with E-state index in [9.17, 15) is 13.2 Å². The molecule has 0 unspecified atom stereocenters.